The van der Waals surface area contributed by atoms with Gasteiger partial charge in [-0.05, 0) is 47.7 Å². The molecule has 1 atom stereocenters. The van der Waals surface area contributed by atoms with Crippen LogP contribution in [0.2, 0.25) is 0 Å². The van der Waals surface area contributed by atoms with Crippen LogP contribution in [0, 0.1) is 5.92 Å². The molecule has 0 unspecified atom stereocenters. The smallest absolute Gasteiger partial charge is 0.238 e. The molecule has 1 heterocycles. The van der Waals surface area contributed by atoms with Crippen LogP contribution in [0.5, 0.6) is 11.5 Å². The van der Waals surface area contributed by atoms with Gasteiger partial charge in [0.2, 0.25) is 15.9 Å². The molecule has 0 radical (unpaired) electrons. The van der Waals surface area contributed by atoms with E-state index in [4.69, 9.17) is 14.6 Å². The minimum absolute atomic E-state index is 0.0105. The number of hydrogen-bond acceptors (Lipinski definition) is 6. The number of hydrogen-bond donors (Lipinski definition) is 3. The first-order chi connectivity index (χ1) is 15.2. The third-order valence-electron chi connectivity index (χ3n) is 5.27. The Morgan fingerprint density at radius 3 is 2.41 bits per heavy atom. The Balaban J connectivity index is 1.50. The molecule has 0 aromatic heterocycles. The fourth-order valence-corrected chi connectivity index (χ4v) is 4.08. The first-order valence-corrected chi connectivity index (χ1v) is 12.3. The fraction of sp³-hybridized carbons (Fsp3) is 0.435. The summed E-state index contributed by atoms with van der Waals surface area (Å²) >= 11 is 0. The standard InChI is InChI=1S/C23H31N3O5S/c1-16(2)23(18-6-9-20-21(14-18)31-13-3-12-30-20)26-15-22(27)25-11-10-17-4-7-19(8-5-17)32(24,28)29/h4-9,14,16,23,26H,3,10-13,15H2,1-2H3,(H,25,27)(H2,24,28,29)/t23-/m1/s1. The Hall–Kier alpha value is -2.62. The van der Waals surface area contributed by atoms with Gasteiger partial charge in [-0.15, -0.1) is 0 Å². The molecule has 9 heteroatoms. The van der Waals surface area contributed by atoms with E-state index in [1.165, 1.54) is 12.1 Å². The summed E-state index contributed by atoms with van der Waals surface area (Å²) in [6.07, 6.45) is 1.44. The molecule has 0 spiro atoms. The lowest BCUT2D eigenvalue weighted by Crippen LogP contribution is -2.38. The quantitative estimate of drug-likeness (QED) is 0.526. The van der Waals surface area contributed by atoms with Crippen LogP contribution in [0.1, 0.15) is 37.4 Å². The van der Waals surface area contributed by atoms with Crippen molar-refractivity contribution in [2.75, 3.05) is 26.3 Å². The van der Waals surface area contributed by atoms with Crippen molar-refractivity contribution < 1.29 is 22.7 Å². The highest BCUT2D eigenvalue weighted by Crippen LogP contribution is 2.34. The summed E-state index contributed by atoms with van der Waals surface area (Å²) in [7, 11) is -3.70. The molecule has 0 fully saturated rings. The van der Waals surface area contributed by atoms with Gasteiger partial charge in [-0.25, -0.2) is 13.6 Å². The second-order valence-electron chi connectivity index (χ2n) is 8.15. The van der Waals surface area contributed by atoms with Gasteiger partial charge in [-0.1, -0.05) is 32.0 Å². The molecule has 8 nitrogen and oxygen atoms in total. The molecule has 174 valence electrons. The Bertz CT molecular complexity index is 1020. The average molecular weight is 462 g/mol. The number of ether oxygens (including phenoxy) is 2. The van der Waals surface area contributed by atoms with Crippen molar-refractivity contribution in [1.82, 2.24) is 10.6 Å². The van der Waals surface area contributed by atoms with E-state index in [1.54, 1.807) is 12.1 Å². The highest BCUT2D eigenvalue weighted by molar-refractivity contribution is 7.89. The van der Waals surface area contributed by atoms with Gasteiger partial charge in [-0.2, -0.15) is 0 Å². The van der Waals surface area contributed by atoms with Gasteiger partial charge in [0.05, 0.1) is 24.7 Å². The van der Waals surface area contributed by atoms with Crippen LogP contribution in [-0.4, -0.2) is 40.6 Å². The number of rotatable bonds is 9. The number of carbonyl (C=O) groups excluding carboxylic acids is 1. The third kappa shape index (κ3) is 6.69. The SMILES string of the molecule is CC(C)[C@@H](NCC(=O)NCCc1ccc(S(N)(=O)=O)cc1)c1ccc2c(c1)OCCCO2. The maximum atomic E-state index is 12.3. The van der Waals surface area contributed by atoms with Crippen LogP contribution in [0.4, 0.5) is 0 Å². The Kier molecular flexibility index (Phi) is 8.11. The summed E-state index contributed by atoms with van der Waals surface area (Å²) in [6, 6.07) is 12.2. The van der Waals surface area contributed by atoms with Crippen molar-refractivity contribution in [3.05, 3.63) is 53.6 Å². The lowest BCUT2D eigenvalue weighted by molar-refractivity contribution is -0.120. The van der Waals surface area contributed by atoms with Gasteiger partial charge in [-0.3, -0.25) is 4.79 Å². The second-order valence-corrected chi connectivity index (χ2v) is 9.71. The molecular formula is C23H31N3O5S. The minimum atomic E-state index is -3.70. The van der Waals surface area contributed by atoms with E-state index in [0.717, 1.165) is 29.0 Å². The Morgan fingerprint density at radius 2 is 1.75 bits per heavy atom. The van der Waals surface area contributed by atoms with Crippen LogP contribution in [0.15, 0.2) is 47.4 Å². The molecule has 0 aliphatic carbocycles. The van der Waals surface area contributed by atoms with Gasteiger partial charge < -0.3 is 20.1 Å². The third-order valence-corrected chi connectivity index (χ3v) is 6.20. The molecule has 2 aromatic rings. The van der Waals surface area contributed by atoms with E-state index in [9.17, 15) is 13.2 Å². The number of fused-ring (bicyclic) bond motifs is 1. The highest BCUT2D eigenvalue weighted by Gasteiger charge is 2.20. The zero-order chi connectivity index (χ0) is 23.1. The van der Waals surface area contributed by atoms with Crippen molar-refractivity contribution in [1.29, 1.82) is 0 Å². The first kappa shape index (κ1) is 24.0. The van der Waals surface area contributed by atoms with E-state index in [-0.39, 0.29) is 29.3 Å². The predicted molar refractivity (Wildman–Crippen MR) is 122 cm³/mol. The summed E-state index contributed by atoms with van der Waals surface area (Å²) in [5, 5.41) is 11.3. The van der Waals surface area contributed by atoms with Gasteiger partial charge in [0.25, 0.3) is 0 Å². The maximum absolute atomic E-state index is 12.3. The van der Waals surface area contributed by atoms with Crippen molar-refractivity contribution in [2.45, 2.75) is 37.6 Å². The summed E-state index contributed by atoms with van der Waals surface area (Å²) in [6.45, 7) is 6.11. The molecule has 32 heavy (non-hydrogen) atoms. The molecule has 3 rings (SSSR count). The molecule has 1 aliphatic heterocycles. The topological polar surface area (TPSA) is 120 Å². The number of benzene rings is 2. The molecule has 1 amide bonds. The predicted octanol–water partition coefficient (Wildman–Crippen LogP) is 2.14. The lowest BCUT2D eigenvalue weighted by Gasteiger charge is -2.23. The van der Waals surface area contributed by atoms with Gasteiger partial charge in [0.1, 0.15) is 0 Å². The molecular weight excluding hydrogens is 430 g/mol. The molecule has 4 N–H and O–H groups in total. The largest absolute Gasteiger partial charge is 0.490 e. The molecule has 0 saturated carbocycles. The van der Waals surface area contributed by atoms with Gasteiger partial charge in [0, 0.05) is 19.0 Å². The molecule has 0 bridgehead atoms. The molecule has 0 saturated heterocycles. The normalized spacial score (nSPS) is 14.6. The van der Waals surface area contributed by atoms with Crippen molar-refractivity contribution >= 4 is 15.9 Å². The van der Waals surface area contributed by atoms with Crippen LogP contribution < -0.4 is 25.2 Å². The highest BCUT2D eigenvalue weighted by atomic mass is 32.2. The van der Waals surface area contributed by atoms with Crippen LogP contribution in [0.3, 0.4) is 0 Å². The fourth-order valence-electron chi connectivity index (χ4n) is 3.57. The maximum Gasteiger partial charge on any atom is 0.238 e. The average Bonchev–Trinajstić information content (AvgIpc) is 2.98. The van der Waals surface area contributed by atoms with Gasteiger partial charge >= 0.3 is 0 Å². The number of amides is 1. The molecule has 1 aliphatic rings. The number of nitrogens with two attached hydrogens (primary N) is 1. The number of carbonyl (C=O) groups is 1. The summed E-state index contributed by atoms with van der Waals surface area (Å²) in [5.74, 6) is 1.66. The molecule has 2 aromatic carbocycles. The summed E-state index contributed by atoms with van der Waals surface area (Å²) < 4.78 is 34.1. The van der Waals surface area contributed by atoms with Crippen molar-refractivity contribution in [3.63, 3.8) is 0 Å². The number of primary sulfonamides is 1. The van der Waals surface area contributed by atoms with Crippen molar-refractivity contribution in [3.8, 4) is 11.5 Å². The van der Waals surface area contributed by atoms with Crippen LogP contribution >= 0.6 is 0 Å². The Morgan fingerprint density at radius 1 is 1.06 bits per heavy atom. The van der Waals surface area contributed by atoms with Crippen LogP contribution in [0.25, 0.3) is 0 Å². The summed E-state index contributed by atoms with van der Waals surface area (Å²) in [5.41, 5.74) is 1.96. The minimum Gasteiger partial charge on any atom is -0.490 e. The van der Waals surface area contributed by atoms with E-state index in [2.05, 4.69) is 24.5 Å². The van der Waals surface area contributed by atoms with Crippen molar-refractivity contribution in [2.24, 2.45) is 11.1 Å². The summed E-state index contributed by atoms with van der Waals surface area (Å²) in [4.78, 5) is 12.4. The van der Waals surface area contributed by atoms with E-state index in [1.807, 2.05) is 18.2 Å². The zero-order valence-electron chi connectivity index (χ0n) is 18.5. The number of sulfonamides is 1. The zero-order valence-corrected chi connectivity index (χ0v) is 19.3. The lowest BCUT2D eigenvalue weighted by atomic mass is 9.95. The van der Waals surface area contributed by atoms with E-state index in [0.29, 0.717) is 26.2 Å². The van der Waals surface area contributed by atoms with E-state index < -0.39 is 10.0 Å². The monoisotopic (exact) mass is 461 g/mol. The Labute approximate surface area is 189 Å². The first-order valence-electron chi connectivity index (χ1n) is 10.8. The second kappa shape index (κ2) is 10.8. The number of nitrogens with one attached hydrogen (secondary N) is 2. The van der Waals surface area contributed by atoms with E-state index >= 15 is 0 Å². The van der Waals surface area contributed by atoms with Crippen LogP contribution in [-0.2, 0) is 21.2 Å². The van der Waals surface area contributed by atoms with Gasteiger partial charge in [0.15, 0.2) is 11.5 Å².